The van der Waals surface area contributed by atoms with Crippen molar-refractivity contribution in [2.24, 2.45) is 0 Å². The molecule has 0 aliphatic heterocycles. The fourth-order valence-electron chi connectivity index (χ4n) is 2.51. The second-order valence-corrected chi connectivity index (χ2v) is 6.07. The van der Waals surface area contributed by atoms with Crippen molar-refractivity contribution < 1.29 is 0 Å². The molecule has 2 aromatic rings. The van der Waals surface area contributed by atoms with Crippen LogP contribution in [-0.4, -0.2) is 5.38 Å². The molecule has 0 bridgehead atoms. The average molecular weight is 263 g/mol. The highest BCUT2D eigenvalue weighted by Crippen LogP contribution is 2.34. The molecule has 1 aromatic carbocycles. The zero-order chi connectivity index (χ0) is 11.7. The molecule has 88 valence electrons. The van der Waals surface area contributed by atoms with Crippen LogP contribution in [0.1, 0.15) is 31.2 Å². The van der Waals surface area contributed by atoms with Gasteiger partial charge in [-0.3, -0.25) is 0 Å². The maximum Gasteiger partial charge on any atom is 0.0521 e. The quantitative estimate of drug-likeness (QED) is 0.598. The van der Waals surface area contributed by atoms with Crippen molar-refractivity contribution in [3.63, 3.8) is 0 Å². The third kappa shape index (κ3) is 2.27. The van der Waals surface area contributed by atoms with Gasteiger partial charge in [0.2, 0.25) is 0 Å². The third-order valence-corrected chi connectivity index (χ3v) is 4.69. The first-order valence-electron chi connectivity index (χ1n) is 6.16. The van der Waals surface area contributed by atoms with Crippen molar-refractivity contribution in [3.05, 3.63) is 41.3 Å². The summed E-state index contributed by atoms with van der Waals surface area (Å²) in [6.45, 7) is 0. The number of alkyl halides is 1. The Labute approximate surface area is 111 Å². The second kappa shape index (κ2) is 4.83. The van der Waals surface area contributed by atoms with E-state index in [2.05, 4.69) is 35.7 Å². The average Bonchev–Trinajstić information content (AvgIpc) is 2.71. The largest absolute Gasteiger partial charge is 0.143 e. The molecule has 1 aromatic heterocycles. The van der Waals surface area contributed by atoms with Gasteiger partial charge in [0, 0.05) is 4.70 Å². The Bertz CT molecular complexity index is 553. The van der Waals surface area contributed by atoms with Crippen LogP contribution in [0.2, 0.25) is 0 Å². The first-order valence-corrected chi connectivity index (χ1v) is 7.47. The summed E-state index contributed by atoms with van der Waals surface area (Å²) < 4.78 is 1.41. The van der Waals surface area contributed by atoms with Crippen LogP contribution < -0.4 is 0 Å². The monoisotopic (exact) mass is 262 g/mol. The molecule has 0 N–H and O–H groups in total. The van der Waals surface area contributed by atoms with Crippen molar-refractivity contribution in [2.75, 3.05) is 0 Å². The highest BCUT2D eigenvalue weighted by atomic mass is 35.5. The van der Waals surface area contributed by atoms with E-state index in [9.17, 15) is 0 Å². The van der Waals surface area contributed by atoms with Crippen molar-refractivity contribution >= 4 is 38.6 Å². The number of fused-ring (bicyclic) bond motifs is 1. The van der Waals surface area contributed by atoms with Crippen LogP contribution in [0.25, 0.3) is 15.7 Å². The minimum atomic E-state index is 0.211. The number of allylic oxidation sites excluding steroid dienone is 2. The van der Waals surface area contributed by atoms with Crippen molar-refractivity contribution in [3.8, 4) is 0 Å². The van der Waals surface area contributed by atoms with Gasteiger partial charge < -0.3 is 0 Å². The molecule has 0 amide bonds. The van der Waals surface area contributed by atoms with Gasteiger partial charge in [0.15, 0.2) is 0 Å². The van der Waals surface area contributed by atoms with Gasteiger partial charge in [-0.25, -0.2) is 0 Å². The standard InChI is InChI=1S/C15H15ClS/c16-13-6-2-1-4-12(10-13)14-7-3-5-11-8-9-17-15(11)14/h3,5,7-10,13H,1-2,4,6H2. The van der Waals surface area contributed by atoms with Crippen LogP contribution in [0.5, 0.6) is 0 Å². The fraction of sp³-hybridized carbons (Fsp3) is 0.333. The van der Waals surface area contributed by atoms with Gasteiger partial charge in [-0.15, -0.1) is 22.9 Å². The van der Waals surface area contributed by atoms with Crippen LogP contribution in [0.3, 0.4) is 0 Å². The third-order valence-electron chi connectivity index (χ3n) is 3.38. The SMILES string of the molecule is ClC1C=C(c2cccc3ccsc23)CCCC1. The fourth-order valence-corrected chi connectivity index (χ4v) is 3.77. The zero-order valence-electron chi connectivity index (χ0n) is 9.66. The smallest absolute Gasteiger partial charge is 0.0521 e. The maximum absolute atomic E-state index is 6.32. The van der Waals surface area contributed by atoms with E-state index in [0.717, 1.165) is 6.42 Å². The van der Waals surface area contributed by atoms with Gasteiger partial charge in [-0.1, -0.05) is 30.7 Å². The molecule has 1 atom stereocenters. The van der Waals surface area contributed by atoms with Crippen LogP contribution >= 0.6 is 22.9 Å². The lowest BCUT2D eigenvalue weighted by atomic mass is 10.0. The van der Waals surface area contributed by atoms with E-state index in [4.69, 9.17) is 11.6 Å². The van der Waals surface area contributed by atoms with Crippen LogP contribution in [0.4, 0.5) is 0 Å². The van der Waals surface area contributed by atoms with Crippen LogP contribution in [0.15, 0.2) is 35.7 Å². The predicted molar refractivity (Wildman–Crippen MR) is 77.9 cm³/mol. The Morgan fingerprint density at radius 3 is 3.06 bits per heavy atom. The molecule has 2 heteroatoms. The Kier molecular flexibility index (Phi) is 3.21. The molecule has 0 radical (unpaired) electrons. The summed E-state index contributed by atoms with van der Waals surface area (Å²) >= 11 is 8.15. The molecule has 17 heavy (non-hydrogen) atoms. The summed E-state index contributed by atoms with van der Waals surface area (Å²) in [5.74, 6) is 0. The van der Waals surface area contributed by atoms with Crippen LogP contribution in [0, 0.1) is 0 Å². The Hall–Kier alpha value is -0.790. The van der Waals surface area contributed by atoms with E-state index >= 15 is 0 Å². The Balaban J connectivity index is 2.10. The zero-order valence-corrected chi connectivity index (χ0v) is 11.2. The van der Waals surface area contributed by atoms with E-state index in [-0.39, 0.29) is 5.38 Å². The lowest BCUT2D eigenvalue weighted by molar-refractivity contribution is 0.724. The van der Waals surface area contributed by atoms with E-state index < -0.39 is 0 Å². The maximum atomic E-state index is 6.32. The molecule has 0 saturated carbocycles. The normalized spacial score (nSPS) is 21.2. The number of thiophene rings is 1. The Morgan fingerprint density at radius 2 is 2.12 bits per heavy atom. The molecule has 1 heterocycles. The van der Waals surface area contributed by atoms with E-state index in [1.165, 1.54) is 40.5 Å². The van der Waals surface area contributed by atoms with Gasteiger partial charge in [-0.2, -0.15) is 0 Å². The summed E-state index contributed by atoms with van der Waals surface area (Å²) in [4.78, 5) is 0. The molecule has 0 nitrogen and oxygen atoms in total. The minimum Gasteiger partial charge on any atom is -0.143 e. The minimum absolute atomic E-state index is 0.211. The van der Waals surface area contributed by atoms with Gasteiger partial charge in [-0.05, 0) is 47.2 Å². The first-order chi connectivity index (χ1) is 8.34. The molecule has 0 saturated heterocycles. The van der Waals surface area contributed by atoms with Gasteiger partial charge in [0.1, 0.15) is 0 Å². The summed E-state index contributed by atoms with van der Waals surface area (Å²) in [6.07, 6.45) is 7.06. The summed E-state index contributed by atoms with van der Waals surface area (Å²) in [5.41, 5.74) is 2.83. The topological polar surface area (TPSA) is 0 Å². The predicted octanol–water partition coefficient (Wildman–Crippen LogP) is 5.47. The van der Waals surface area contributed by atoms with Gasteiger partial charge in [0.05, 0.1) is 5.38 Å². The molecule has 3 rings (SSSR count). The number of hydrogen-bond acceptors (Lipinski definition) is 1. The molecule has 0 spiro atoms. The first kappa shape index (κ1) is 11.3. The lowest BCUT2D eigenvalue weighted by Crippen LogP contribution is -1.91. The lowest BCUT2D eigenvalue weighted by Gasteiger charge is -2.07. The molecular formula is C15H15ClS. The number of benzene rings is 1. The summed E-state index contributed by atoms with van der Waals surface area (Å²) in [7, 11) is 0. The van der Waals surface area contributed by atoms with Gasteiger partial charge >= 0.3 is 0 Å². The Morgan fingerprint density at radius 1 is 1.18 bits per heavy atom. The highest BCUT2D eigenvalue weighted by molar-refractivity contribution is 7.17. The van der Waals surface area contributed by atoms with Crippen LogP contribution in [-0.2, 0) is 0 Å². The summed E-state index contributed by atoms with van der Waals surface area (Å²) in [5, 5.41) is 3.73. The second-order valence-electron chi connectivity index (χ2n) is 4.60. The highest BCUT2D eigenvalue weighted by Gasteiger charge is 2.13. The van der Waals surface area contributed by atoms with E-state index in [1.54, 1.807) is 0 Å². The van der Waals surface area contributed by atoms with Gasteiger partial charge in [0.25, 0.3) is 0 Å². The van der Waals surface area contributed by atoms with E-state index in [0.29, 0.717) is 0 Å². The molecule has 1 unspecified atom stereocenters. The van der Waals surface area contributed by atoms with Crippen molar-refractivity contribution in [1.82, 2.24) is 0 Å². The molecule has 1 aliphatic carbocycles. The number of hydrogen-bond donors (Lipinski definition) is 0. The molecule has 0 fully saturated rings. The molecule has 1 aliphatic rings. The summed E-state index contributed by atoms with van der Waals surface area (Å²) in [6, 6.07) is 8.77. The van der Waals surface area contributed by atoms with Crippen molar-refractivity contribution in [1.29, 1.82) is 0 Å². The number of rotatable bonds is 1. The number of halogens is 1. The van der Waals surface area contributed by atoms with Crippen molar-refractivity contribution in [2.45, 2.75) is 31.1 Å². The van der Waals surface area contributed by atoms with E-state index in [1.807, 2.05) is 11.3 Å². The molecular weight excluding hydrogens is 248 g/mol.